The molecule has 4 heteroatoms. The van der Waals surface area contributed by atoms with Crippen molar-refractivity contribution in [2.75, 3.05) is 12.3 Å². The molecule has 0 radical (unpaired) electrons. The summed E-state index contributed by atoms with van der Waals surface area (Å²) in [6.07, 6.45) is 0.980. The number of fused-ring (bicyclic) bond motifs is 1. The zero-order valence-corrected chi connectivity index (χ0v) is 8.06. The van der Waals surface area contributed by atoms with Crippen LogP contribution in [0.25, 0.3) is 11.3 Å². The SMILES string of the molecule is Nc1cc(-c2ccc3c(c2)OCC3)on1. The van der Waals surface area contributed by atoms with Crippen LogP contribution in [0, 0.1) is 0 Å². The van der Waals surface area contributed by atoms with Crippen LogP contribution in [0.3, 0.4) is 0 Å². The molecule has 3 rings (SSSR count). The van der Waals surface area contributed by atoms with Gasteiger partial charge in [0.05, 0.1) is 6.61 Å². The second-order valence-corrected chi connectivity index (χ2v) is 3.54. The van der Waals surface area contributed by atoms with E-state index in [0.29, 0.717) is 11.6 Å². The van der Waals surface area contributed by atoms with Crippen molar-refractivity contribution in [2.45, 2.75) is 6.42 Å². The highest BCUT2D eigenvalue weighted by molar-refractivity contribution is 5.63. The van der Waals surface area contributed by atoms with Crippen LogP contribution in [-0.4, -0.2) is 11.8 Å². The molecule has 76 valence electrons. The lowest BCUT2D eigenvalue weighted by molar-refractivity contribution is 0.356. The lowest BCUT2D eigenvalue weighted by Crippen LogP contribution is -1.86. The summed E-state index contributed by atoms with van der Waals surface area (Å²) in [6.45, 7) is 0.761. The Labute approximate surface area is 86.6 Å². The number of nitrogens with zero attached hydrogens (tertiary/aromatic N) is 1. The van der Waals surface area contributed by atoms with Gasteiger partial charge in [0.25, 0.3) is 0 Å². The van der Waals surface area contributed by atoms with E-state index in [4.69, 9.17) is 15.0 Å². The Bertz CT molecular complexity index is 505. The van der Waals surface area contributed by atoms with Crippen LogP contribution in [0.1, 0.15) is 5.56 Å². The van der Waals surface area contributed by atoms with Crippen LogP contribution in [0.4, 0.5) is 5.82 Å². The number of ether oxygens (including phenoxy) is 1. The number of nitrogens with two attached hydrogens (primary N) is 1. The quantitative estimate of drug-likeness (QED) is 0.766. The number of aromatic nitrogens is 1. The standard InChI is InChI=1S/C11H10N2O2/c12-11-6-10(15-13-11)8-2-1-7-3-4-14-9(7)5-8/h1-2,5-6H,3-4H2,(H2,12,13). The summed E-state index contributed by atoms with van der Waals surface area (Å²) in [4.78, 5) is 0. The summed E-state index contributed by atoms with van der Waals surface area (Å²) < 4.78 is 10.6. The molecule has 1 aliphatic heterocycles. The Morgan fingerprint density at radius 2 is 2.20 bits per heavy atom. The van der Waals surface area contributed by atoms with Gasteiger partial charge in [0.1, 0.15) is 5.75 Å². The second kappa shape index (κ2) is 3.02. The summed E-state index contributed by atoms with van der Waals surface area (Å²) in [6, 6.07) is 7.71. The van der Waals surface area contributed by atoms with Gasteiger partial charge >= 0.3 is 0 Å². The van der Waals surface area contributed by atoms with Crippen LogP contribution in [0.5, 0.6) is 5.75 Å². The van der Waals surface area contributed by atoms with Crippen molar-refractivity contribution in [1.29, 1.82) is 0 Å². The van der Waals surface area contributed by atoms with E-state index < -0.39 is 0 Å². The Balaban J connectivity index is 2.06. The van der Waals surface area contributed by atoms with E-state index in [9.17, 15) is 0 Å². The molecule has 0 saturated carbocycles. The van der Waals surface area contributed by atoms with E-state index >= 15 is 0 Å². The van der Waals surface area contributed by atoms with E-state index in [2.05, 4.69) is 11.2 Å². The van der Waals surface area contributed by atoms with Gasteiger partial charge in [0.15, 0.2) is 11.6 Å². The monoisotopic (exact) mass is 202 g/mol. The zero-order valence-electron chi connectivity index (χ0n) is 8.06. The number of anilines is 1. The molecule has 2 aromatic rings. The van der Waals surface area contributed by atoms with E-state index in [1.165, 1.54) is 5.56 Å². The molecule has 0 saturated heterocycles. The van der Waals surface area contributed by atoms with Crippen molar-refractivity contribution in [3.05, 3.63) is 29.8 Å². The normalized spacial score (nSPS) is 13.6. The minimum absolute atomic E-state index is 0.395. The summed E-state index contributed by atoms with van der Waals surface area (Å²) in [5.41, 5.74) is 7.68. The molecule has 0 bridgehead atoms. The fraction of sp³-hybridized carbons (Fsp3) is 0.182. The molecule has 0 amide bonds. The van der Waals surface area contributed by atoms with Crippen LogP contribution in [0.15, 0.2) is 28.8 Å². The molecule has 0 atom stereocenters. The molecule has 1 aliphatic rings. The van der Waals surface area contributed by atoms with Crippen molar-refractivity contribution < 1.29 is 9.26 Å². The average molecular weight is 202 g/mol. The maximum atomic E-state index is 5.49. The zero-order chi connectivity index (χ0) is 10.3. The molecule has 2 heterocycles. The van der Waals surface area contributed by atoms with Crippen LogP contribution in [0.2, 0.25) is 0 Å². The fourth-order valence-corrected chi connectivity index (χ4v) is 1.74. The van der Waals surface area contributed by atoms with Gasteiger partial charge in [0.2, 0.25) is 0 Å². The van der Waals surface area contributed by atoms with Crippen molar-refractivity contribution in [1.82, 2.24) is 5.16 Å². The second-order valence-electron chi connectivity index (χ2n) is 3.54. The fourth-order valence-electron chi connectivity index (χ4n) is 1.74. The van der Waals surface area contributed by atoms with Gasteiger partial charge in [-0.25, -0.2) is 0 Å². The van der Waals surface area contributed by atoms with Gasteiger partial charge in [-0.1, -0.05) is 17.3 Å². The summed E-state index contributed by atoms with van der Waals surface area (Å²) in [5, 5.41) is 3.65. The molecule has 0 fully saturated rings. The Kier molecular flexibility index (Phi) is 1.68. The van der Waals surface area contributed by atoms with E-state index in [1.807, 2.05) is 12.1 Å². The Morgan fingerprint density at radius 3 is 3.00 bits per heavy atom. The lowest BCUT2D eigenvalue weighted by Gasteiger charge is -2.00. The maximum absolute atomic E-state index is 5.49. The molecule has 0 unspecified atom stereocenters. The van der Waals surface area contributed by atoms with Crippen LogP contribution in [-0.2, 0) is 6.42 Å². The molecular weight excluding hydrogens is 192 g/mol. The first kappa shape index (κ1) is 8.35. The minimum atomic E-state index is 0.395. The lowest BCUT2D eigenvalue weighted by atomic mass is 10.1. The number of benzene rings is 1. The van der Waals surface area contributed by atoms with E-state index in [-0.39, 0.29) is 0 Å². The third-order valence-corrected chi connectivity index (χ3v) is 2.51. The molecular formula is C11H10N2O2. The minimum Gasteiger partial charge on any atom is -0.493 e. The van der Waals surface area contributed by atoms with Crippen LogP contribution >= 0.6 is 0 Å². The van der Waals surface area contributed by atoms with Crippen molar-refractivity contribution in [2.24, 2.45) is 0 Å². The predicted octanol–water partition coefficient (Wildman–Crippen LogP) is 1.86. The van der Waals surface area contributed by atoms with E-state index in [0.717, 1.165) is 24.3 Å². The topological polar surface area (TPSA) is 61.3 Å². The van der Waals surface area contributed by atoms with Crippen molar-refractivity contribution in [3.63, 3.8) is 0 Å². The Hall–Kier alpha value is -1.97. The summed E-state index contributed by atoms with van der Waals surface area (Å²) in [7, 11) is 0. The van der Waals surface area contributed by atoms with Gasteiger partial charge in [-0.3, -0.25) is 0 Å². The smallest absolute Gasteiger partial charge is 0.169 e. The average Bonchev–Trinajstić information content (AvgIpc) is 2.84. The third-order valence-electron chi connectivity index (χ3n) is 2.51. The van der Waals surface area contributed by atoms with E-state index in [1.54, 1.807) is 6.07 Å². The molecule has 15 heavy (non-hydrogen) atoms. The van der Waals surface area contributed by atoms with Gasteiger partial charge in [-0.15, -0.1) is 0 Å². The molecule has 0 spiro atoms. The highest BCUT2D eigenvalue weighted by Gasteiger charge is 2.14. The highest BCUT2D eigenvalue weighted by Crippen LogP contribution is 2.31. The molecule has 2 N–H and O–H groups in total. The van der Waals surface area contributed by atoms with Gasteiger partial charge in [0, 0.05) is 18.1 Å². The number of rotatable bonds is 1. The number of hydrogen-bond donors (Lipinski definition) is 1. The third kappa shape index (κ3) is 1.34. The first-order chi connectivity index (χ1) is 7.33. The summed E-state index contributed by atoms with van der Waals surface area (Å²) >= 11 is 0. The molecule has 0 aliphatic carbocycles. The maximum Gasteiger partial charge on any atom is 0.169 e. The van der Waals surface area contributed by atoms with Gasteiger partial charge in [-0.2, -0.15) is 0 Å². The Morgan fingerprint density at radius 1 is 1.27 bits per heavy atom. The summed E-state index contributed by atoms with van der Waals surface area (Å²) in [5.74, 6) is 2.00. The van der Waals surface area contributed by atoms with Gasteiger partial charge in [-0.05, 0) is 11.6 Å². The first-order valence-corrected chi connectivity index (χ1v) is 4.81. The largest absolute Gasteiger partial charge is 0.493 e. The predicted molar refractivity (Wildman–Crippen MR) is 55.6 cm³/mol. The number of nitrogen functional groups attached to an aromatic ring is 1. The number of hydrogen-bond acceptors (Lipinski definition) is 4. The molecule has 1 aromatic heterocycles. The molecule has 4 nitrogen and oxygen atoms in total. The van der Waals surface area contributed by atoms with Crippen LogP contribution < -0.4 is 10.5 Å². The van der Waals surface area contributed by atoms with Gasteiger partial charge < -0.3 is 15.0 Å². The van der Waals surface area contributed by atoms with Crippen molar-refractivity contribution in [3.8, 4) is 17.1 Å². The first-order valence-electron chi connectivity index (χ1n) is 4.81. The van der Waals surface area contributed by atoms with Crippen molar-refractivity contribution >= 4 is 5.82 Å². The molecule has 1 aromatic carbocycles. The highest BCUT2D eigenvalue weighted by atomic mass is 16.5.